The quantitative estimate of drug-likeness (QED) is 0.718. The Kier molecular flexibility index (Phi) is 5.02. The van der Waals surface area contributed by atoms with Crippen LogP contribution in [0.25, 0.3) is 0 Å². The standard InChI is InChI=1S/C16H17BrN4S/c17-16-11-22-10-13(16)8-21-9-15(19-20-21)7-14(18)6-12-4-2-1-3-5-12/h1-5,9-11,14H,6-8,18H2. The molecule has 2 N–H and O–H groups in total. The lowest BCUT2D eigenvalue weighted by atomic mass is 10.0. The van der Waals surface area contributed by atoms with Crippen molar-refractivity contribution in [3.63, 3.8) is 0 Å². The molecule has 114 valence electrons. The molecule has 0 amide bonds. The highest BCUT2D eigenvalue weighted by Gasteiger charge is 2.10. The zero-order valence-electron chi connectivity index (χ0n) is 12.0. The first kappa shape index (κ1) is 15.4. The molecule has 6 heteroatoms. The predicted octanol–water partition coefficient (Wildman–Crippen LogP) is 3.26. The van der Waals surface area contributed by atoms with Gasteiger partial charge in [0.15, 0.2) is 0 Å². The third kappa shape index (κ3) is 4.03. The van der Waals surface area contributed by atoms with Gasteiger partial charge in [0.2, 0.25) is 0 Å². The maximum Gasteiger partial charge on any atom is 0.0842 e. The molecule has 0 aliphatic carbocycles. The Balaban J connectivity index is 1.58. The minimum atomic E-state index is 0.0560. The van der Waals surface area contributed by atoms with E-state index in [9.17, 15) is 0 Å². The molecule has 22 heavy (non-hydrogen) atoms. The van der Waals surface area contributed by atoms with E-state index >= 15 is 0 Å². The van der Waals surface area contributed by atoms with Gasteiger partial charge < -0.3 is 5.73 Å². The van der Waals surface area contributed by atoms with Crippen molar-refractivity contribution in [3.05, 3.63) is 68.6 Å². The van der Waals surface area contributed by atoms with E-state index in [1.807, 2.05) is 29.1 Å². The molecule has 0 aliphatic rings. The van der Waals surface area contributed by atoms with Crippen LogP contribution in [0.2, 0.25) is 0 Å². The van der Waals surface area contributed by atoms with Crippen LogP contribution in [-0.4, -0.2) is 21.0 Å². The number of nitrogens with zero attached hydrogens (tertiary/aromatic N) is 3. The average Bonchev–Trinajstić information content (AvgIpc) is 3.10. The second kappa shape index (κ2) is 7.17. The fraction of sp³-hybridized carbons (Fsp3) is 0.250. The smallest absolute Gasteiger partial charge is 0.0842 e. The Bertz CT molecular complexity index is 723. The Morgan fingerprint density at radius 2 is 2.00 bits per heavy atom. The van der Waals surface area contributed by atoms with E-state index < -0.39 is 0 Å². The van der Waals surface area contributed by atoms with E-state index in [-0.39, 0.29) is 6.04 Å². The van der Waals surface area contributed by atoms with E-state index in [1.165, 1.54) is 11.1 Å². The van der Waals surface area contributed by atoms with Gasteiger partial charge in [-0.3, -0.25) is 0 Å². The molecule has 3 aromatic rings. The van der Waals surface area contributed by atoms with Gasteiger partial charge in [0, 0.05) is 28.5 Å². The van der Waals surface area contributed by atoms with Crippen molar-refractivity contribution in [2.75, 3.05) is 0 Å². The Hall–Kier alpha value is -1.50. The van der Waals surface area contributed by atoms with Crippen molar-refractivity contribution >= 4 is 27.3 Å². The van der Waals surface area contributed by atoms with Crippen molar-refractivity contribution < 1.29 is 0 Å². The molecule has 3 rings (SSSR count). The van der Waals surface area contributed by atoms with Crippen LogP contribution < -0.4 is 5.73 Å². The Morgan fingerprint density at radius 3 is 2.73 bits per heavy atom. The molecule has 2 aromatic heterocycles. The minimum Gasteiger partial charge on any atom is -0.327 e. The molecule has 0 saturated carbocycles. The van der Waals surface area contributed by atoms with E-state index in [1.54, 1.807) is 11.3 Å². The predicted molar refractivity (Wildman–Crippen MR) is 93.0 cm³/mol. The highest BCUT2D eigenvalue weighted by atomic mass is 79.9. The largest absolute Gasteiger partial charge is 0.327 e. The van der Waals surface area contributed by atoms with Gasteiger partial charge >= 0.3 is 0 Å². The summed E-state index contributed by atoms with van der Waals surface area (Å²) in [6.45, 7) is 0.727. The first-order valence-electron chi connectivity index (χ1n) is 7.10. The number of nitrogens with two attached hydrogens (primary N) is 1. The van der Waals surface area contributed by atoms with Crippen LogP contribution in [0.4, 0.5) is 0 Å². The fourth-order valence-electron chi connectivity index (χ4n) is 2.36. The molecule has 0 bridgehead atoms. The van der Waals surface area contributed by atoms with Gasteiger partial charge in [-0.2, -0.15) is 11.3 Å². The zero-order valence-corrected chi connectivity index (χ0v) is 14.4. The van der Waals surface area contributed by atoms with Gasteiger partial charge in [-0.1, -0.05) is 35.5 Å². The van der Waals surface area contributed by atoms with Gasteiger partial charge in [0.25, 0.3) is 0 Å². The third-order valence-electron chi connectivity index (χ3n) is 3.42. The van der Waals surface area contributed by atoms with Crippen LogP contribution in [0, 0.1) is 0 Å². The maximum atomic E-state index is 6.22. The SMILES string of the molecule is NC(Cc1ccccc1)Cc1cn(Cc2cscc2Br)nn1. The van der Waals surface area contributed by atoms with Crippen LogP contribution in [0.1, 0.15) is 16.8 Å². The van der Waals surface area contributed by atoms with Crippen LogP contribution in [0.3, 0.4) is 0 Å². The second-order valence-electron chi connectivity index (χ2n) is 5.31. The molecule has 1 atom stereocenters. The van der Waals surface area contributed by atoms with Crippen molar-refractivity contribution in [3.8, 4) is 0 Å². The average molecular weight is 377 g/mol. The number of rotatable bonds is 6. The summed E-state index contributed by atoms with van der Waals surface area (Å²) < 4.78 is 2.98. The normalized spacial score (nSPS) is 12.5. The van der Waals surface area contributed by atoms with E-state index in [4.69, 9.17) is 5.73 Å². The zero-order chi connectivity index (χ0) is 15.4. The van der Waals surface area contributed by atoms with Crippen molar-refractivity contribution in [1.29, 1.82) is 0 Å². The summed E-state index contributed by atoms with van der Waals surface area (Å²) in [4.78, 5) is 0. The summed E-state index contributed by atoms with van der Waals surface area (Å²) in [6.07, 6.45) is 3.57. The topological polar surface area (TPSA) is 56.7 Å². The Labute approximate surface area is 142 Å². The van der Waals surface area contributed by atoms with Gasteiger partial charge in [0.05, 0.1) is 12.2 Å². The number of halogens is 1. The lowest BCUT2D eigenvalue weighted by Gasteiger charge is -2.09. The molecule has 0 saturated heterocycles. The summed E-state index contributed by atoms with van der Waals surface area (Å²) in [5, 5.41) is 12.6. The molecule has 1 unspecified atom stereocenters. The first-order valence-corrected chi connectivity index (χ1v) is 8.83. The van der Waals surface area contributed by atoms with Crippen LogP contribution >= 0.6 is 27.3 Å². The number of aromatic nitrogens is 3. The lowest BCUT2D eigenvalue weighted by Crippen LogP contribution is -2.25. The summed E-state index contributed by atoms with van der Waals surface area (Å²) in [6, 6.07) is 10.4. The minimum absolute atomic E-state index is 0.0560. The molecule has 0 fully saturated rings. The molecule has 0 spiro atoms. The number of hydrogen-bond acceptors (Lipinski definition) is 4. The van der Waals surface area contributed by atoms with Crippen molar-refractivity contribution in [1.82, 2.24) is 15.0 Å². The van der Waals surface area contributed by atoms with Crippen LogP contribution in [0.15, 0.2) is 51.8 Å². The highest BCUT2D eigenvalue weighted by molar-refractivity contribution is 9.10. The number of thiophene rings is 1. The monoisotopic (exact) mass is 376 g/mol. The summed E-state index contributed by atoms with van der Waals surface area (Å²) in [5.74, 6) is 0. The Morgan fingerprint density at radius 1 is 1.18 bits per heavy atom. The third-order valence-corrected chi connectivity index (χ3v) is 5.25. The molecular formula is C16H17BrN4S. The number of benzene rings is 1. The summed E-state index contributed by atoms with van der Waals surface area (Å²) in [7, 11) is 0. The summed E-state index contributed by atoms with van der Waals surface area (Å²) in [5.41, 5.74) is 9.64. The molecule has 1 aromatic carbocycles. The molecular weight excluding hydrogens is 360 g/mol. The molecule has 0 radical (unpaired) electrons. The second-order valence-corrected chi connectivity index (χ2v) is 6.90. The van der Waals surface area contributed by atoms with E-state index in [2.05, 4.69) is 49.1 Å². The van der Waals surface area contributed by atoms with Crippen LogP contribution in [-0.2, 0) is 19.4 Å². The first-order chi connectivity index (χ1) is 10.7. The van der Waals surface area contributed by atoms with Crippen molar-refractivity contribution in [2.45, 2.75) is 25.4 Å². The molecule has 4 nitrogen and oxygen atoms in total. The highest BCUT2D eigenvalue weighted by Crippen LogP contribution is 2.21. The molecule has 0 aliphatic heterocycles. The van der Waals surface area contributed by atoms with Crippen LogP contribution in [0.5, 0.6) is 0 Å². The van der Waals surface area contributed by atoms with Gasteiger partial charge in [-0.15, -0.1) is 5.10 Å². The lowest BCUT2D eigenvalue weighted by molar-refractivity contribution is 0.642. The maximum absolute atomic E-state index is 6.22. The van der Waals surface area contributed by atoms with Gasteiger partial charge in [-0.25, -0.2) is 4.68 Å². The fourth-order valence-corrected chi connectivity index (χ4v) is 3.78. The van der Waals surface area contributed by atoms with Crippen molar-refractivity contribution in [2.24, 2.45) is 5.73 Å². The van der Waals surface area contributed by atoms with Gasteiger partial charge in [0.1, 0.15) is 0 Å². The van der Waals surface area contributed by atoms with E-state index in [0.29, 0.717) is 0 Å². The summed E-state index contributed by atoms with van der Waals surface area (Å²) >= 11 is 5.21. The van der Waals surface area contributed by atoms with E-state index in [0.717, 1.165) is 29.6 Å². The number of hydrogen-bond donors (Lipinski definition) is 1. The molecule has 2 heterocycles. The van der Waals surface area contributed by atoms with Gasteiger partial charge in [-0.05, 0) is 38.9 Å².